The number of nitrogens with two attached hydrogens (primary N) is 1. The number of rotatable bonds is 7. The second kappa shape index (κ2) is 7.85. The Labute approximate surface area is 136 Å². The lowest BCUT2D eigenvalue weighted by atomic mass is 10.1. The van der Waals surface area contributed by atoms with Gasteiger partial charge in [0.1, 0.15) is 12.2 Å². The summed E-state index contributed by atoms with van der Waals surface area (Å²) in [6.07, 6.45) is 1.59. The first-order valence-corrected chi connectivity index (χ1v) is 7.23. The van der Waals surface area contributed by atoms with Gasteiger partial charge in [-0.05, 0) is 17.7 Å². The third-order valence-electron chi connectivity index (χ3n) is 2.95. The van der Waals surface area contributed by atoms with Crippen LogP contribution in [0.15, 0.2) is 24.4 Å². The number of anilines is 1. The quantitative estimate of drug-likeness (QED) is 0.413. The molecule has 118 valence electrons. The molecule has 0 aliphatic heterocycles. The first kappa shape index (κ1) is 17.1. The van der Waals surface area contributed by atoms with E-state index < -0.39 is 0 Å². The second-order valence-electron chi connectivity index (χ2n) is 4.78. The first-order chi connectivity index (χ1) is 11.0. The number of nitrogens with zero attached hydrogens (tertiary/aromatic N) is 3. The van der Waals surface area contributed by atoms with E-state index in [0.717, 1.165) is 0 Å². The monoisotopic (exact) mass is 331 g/mol. The Kier molecular flexibility index (Phi) is 5.84. The highest BCUT2D eigenvalue weighted by atomic mass is 31.0. The van der Waals surface area contributed by atoms with Crippen LogP contribution in [-0.4, -0.2) is 34.5 Å². The number of aromatic nitrogens is 3. The molecule has 1 amide bonds. The molecule has 0 aliphatic carbocycles. The van der Waals surface area contributed by atoms with Crippen LogP contribution in [0.5, 0.6) is 0 Å². The van der Waals surface area contributed by atoms with Gasteiger partial charge in [0.15, 0.2) is 5.52 Å². The summed E-state index contributed by atoms with van der Waals surface area (Å²) in [6, 6.07) is 4.89. The highest BCUT2D eigenvalue weighted by molar-refractivity contribution is 7.39. The zero-order valence-corrected chi connectivity index (χ0v) is 13.4. The van der Waals surface area contributed by atoms with Crippen LogP contribution in [0.25, 0.3) is 0 Å². The van der Waals surface area contributed by atoms with Gasteiger partial charge < -0.3 is 15.7 Å². The number of hydrogen-bond donors (Lipinski definition) is 2. The fourth-order valence-corrected chi connectivity index (χ4v) is 2.13. The Morgan fingerprint density at radius 2 is 2.22 bits per heavy atom. The average Bonchev–Trinajstić information content (AvgIpc) is 2.93. The lowest BCUT2D eigenvalue weighted by molar-refractivity contribution is -0.111. The van der Waals surface area contributed by atoms with E-state index in [0.29, 0.717) is 22.5 Å². The molecule has 8 nitrogen and oxygen atoms in total. The topological polar surface area (TPSA) is 112 Å². The van der Waals surface area contributed by atoms with Crippen LogP contribution in [0.1, 0.15) is 21.6 Å². The molecular weight excluding hydrogens is 316 g/mol. The molecule has 1 heterocycles. The van der Waals surface area contributed by atoms with Gasteiger partial charge in [0.05, 0.1) is 19.3 Å². The first-order valence-electron chi connectivity index (χ1n) is 6.65. The third kappa shape index (κ3) is 4.87. The number of nitrogen functional groups attached to an aromatic ring is 1. The minimum atomic E-state index is -0.332. The smallest absolute Gasteiger partial charge is 0.283 e. The predicted octanol–water partition coefficient (Wildman–Crippen LogP) is -0.208. The van der Waals surface area contributed by atoms with Crippen molar-refractivity contribution in [3.05, 3.63) is 41.2 Å². The van der Waals surface area contributed by atoms with Crippen molar-refractivity contribution >= 4 is 34.4 Å². The summed E-state index contributed by atoms with van der Waals surface area (Å²) in [4.78, 5) is 23.3. The maximum atomic E-state index is 12.3. The van der Waals surface area contributed by atoms with Gasteiger partial charge in [0, 0.05) is 11.3 Å². The van der Waals surface area contributed by atoms with E-state index >= 15 is 0 Å². The minimum absolute atomic E-state index is 0.0928. The van der Waals surface area contributed by atoms with Crippen molar-refractivity contribution in [2.45, 2.75) is 19.7 Å². The highest BCUT2D eigenvalue weighted by Gasteiger charge is 2.12. The maximum Gasteiger partial charge on any atom is 0.283 e. The van der Waals surface area contributed by atoms with Crippen molar-refractivity contribution in [1.82, 2.24) is 20.3 Å². The van der Waals surface area contributed by atoms with Crippen LogP contribution in [0.3, 0.4) is 0 Å². The molecule has 1 unspecified atom stereocenters. The van der Waals surface area contributed by atoms with Gasteiger partial charge in [0.2, 0.25) is 0 Å². The van der Waals surface area contributed by atoms with E-state index in [4.69, 9.17) is 13.8 Å². The van der Waals surface area contributed by atoms with Crippen LogP contribution >= 0.6 is 9.24 Å². The van der Waals surface area contributed by atoms with Crippen LogP contribution in [0, 0.1) is 0 Å². The number of carbonyl (C=O) groups is 2. The van der Waals surface area contributed by atoms with E-state index in [1.165, 1.54) is 4.68 Å². The van der Waals surface area contributed by atoms with E-state index in [9.17, 15) is 9.59 Å². The van der Waals surface area contributed by atoms with Crippen molar-refractivity contribution in [2.75, 3.05) is 5.73 Å². The molecule has 23 heavy (non-hydrogen) atoms. The molecule has 0 fully saturated rings. The summed E-state index contributed by atoms with van der Waals surface area (Å²) in [5, 5.41) is 10.4. The van der Waals surface area contributed by atoms with Crippen molar-refractivity contribution in [1.29, 1.82) is 0 Å². The SMILES string of the molecule is [B]OCc1ccc(N)cc1C(=O)NCc1cn(CC(=O)P)nn1. The molecule has 0 spiro atoms. The van der Waals surface area contributed by atoms with Crippen LogP contribution in [0.2, 0.25) is 0 Å². The molecule has 10 heteroatoms. The normalized spacial score (nSPS) is 10.5. The molecule has 1 aromatic carbocycles. The summed E-state index contributed by atoms with van der Waals surface area (Å²) in [5.41, 5.74) is 7.58. The van der Waals surface area contributed by atoms with E-state index in [-0.39, 0.29) is 31.1 Å². The van der Waals surface area contributed by atoms with Crippen molar-refractivity contribution < 1.29 is 14.2 Å². The Balaban J connectivity index is 2.03. The van der Waals surface area contributed by atoms with Crippen molar-refractivity contribution in [2.24, 2.45) is 0 Å². The van der Waals surface area contributed by atoms with Gasteiger partial charge in [-0.15, -0.1) is 5.10 Å². The number of hydrogen-bond acceptors (Lipinski definition) is 6. The van der Waals surface area contributed by atoms with Crippen molar-refractivity contribution in [3.8, 4) is 0 Å². The van der Waals surface area contributed by atoms with Gasteiger partial charge in [-0.2, -0.15) is 0 Å². The van der Waals surface area contributed by atoms with E-state index in [1.807, 2.05) is 0 Å². The number of benzene rings is 1. The molecule has 2 aromatic rings. The Morgan fingerprint density at radius 3 is 2.91 bits per heavy atom. The lowest BCUT2D eigenvalue weighted by Crippen LogP contribution is -2.24. The molecule has 0 saturated carbocycles. The van der Waals surface area contributed by atoms with Gasteiger partial charge in [-0.1, -0.05) is 20.5 Å². The summed E-state index contributed by atoms with van der Waals surface area (Å²) in [7, 11) is 7.12. The molecule has 2 radical (unpaired) electrons. The van der Waals surface area contributed by atoms with Gasteiger partial charge in [0.25, 0.3) is 14.0 Å². The molecule has 0 aliphatic rings. The molecule has 1 atom stereocenters. The number of amides is 1. The molecule has 0 bridgehead atoms. The zero-order chi connectivity index (χ0) is 16.8. The Hall–Kier alpha value is -2.25. The zero-order valence-electron chi connectivity index (χ0n) is 12.2. The average molecular weight is 331 g/mol. The fraction of sp³-hybridized carbons (Fsp3) is 0.231. The highest BCUT2D eigenvalue weighted by Crippen LogP contribution is 2.14. The summed E-state index contributed by atoms with van der Waals surface area (Å²) >= 11 is 0. The Morgan fingerprint density at radius 1 is 1.43 bits per heavy atom. The van der Waals surface area contributed by atoms with E-state index in [2.05, 4.69) is 29.5 Å². The van der Waals surface area contributed by atoms with Crippen LogP contribution < -0.4 is 11.1 Å². The number of carbonyl (C=O) groups excluding carboxylic acids is 2. The molecule has 1 aromatic heterocycles. The summed E-state index contributed by atoms with van der Waals surface area (Å²) < 4.78 is 5.98. The largest absolute Gasteiger partial charge is 0.444 e. The molecular formula is C13H15BN5O3P. The van der Waals surface area contributed by atoms with Crippen LogP contribution in [0.4, 0.5) is 5.69 Å². The number of nitrogens with one attached hydrogen (secondary N) is 1. The third-order valence-corrected chi connectivity index (χ3v) is 3.13. The predicted molar refractivity (Wildman–Crippen MR) is 87.3 cm³/mol. The minimum Gasteiger partial charge on any atom is -0.444 e. The van der Waals surface area contributed by atoms with Gasteiger partial charge >= 0.3 is 0 Å². The standard InChI is InChI=1S/C13H15BN5O3P/c14-22-7-8-1-2-9(15)3-11(8)13(21)16-4-10-5-19(18-17-10)6-12(20)23/h1-3,5H,4,6-7,15,23H2,(H,16,21). The molecule has 2 rings (SSSR count). The lowest BCUT2D eigenvalue weighted by Gasteiger charge is -2.10. The van der Waals surface area contributed by atoms with Gasteiger partial charge in [-0.25, -0.2) is 4.68 Å². The second-order valence-corrected chi connectivity index (χ2v) is 5.43. The maximum absolute atomic E-state index is 12.3. The summed E-state index contributed by atoms with van der Waals surface area (Å²) in [5.74, 6) is -0.332. The Bertz CT molecular complexity index is 721. The molecule has 3 N–H and O–H groups in total. The fourth-order valence-electron chi connectivity index (χ4n) is 1.94. The van der Waals surface area contributed by atoms with Crippen LogP contribution in [-0.2, 0) is 29.1 Å². The summed E-state index contributed by atoms with van der Waals surface area (Å²) in [6.45, 7) is 0.371. The van der Waals surface area contributed by atoms with Crippen molar-refractivity contribution in [3.63, 3.8) is 0 Å². The van der Waals surface area contributed by atoms with E-state index in [1.54, 1.807) is 24.4 Å². The van der Waals surface area contributed by atoms with Gasteiger partial charge in [-0.3, -0.25) is 9.59 Å². The molecule has 0 saturated heterocycles.